The number of hydrogen-bond acceptors (Lipinski definition) is 3. The lowest BCUT2D eigenvalue weighted by atomic mass is 9.74. The van der Waals surface area contributed by atoms with Gasteiger partial charge in [-0.2, -0.15) is 13.2 Å². The number of aromatic nitrogens is 1. The standard InChI is InChI=1S/C19H18ClF3N4O2/c1-18(16(28)25-8-9-27(18)17(24)29)15(11-2-5-13(20)6-3-11)12-4-7-14(26-10-12)19(21,22)23/h2-7,10,15H,8-9H2,1H3,(H2,24,29)(H,25,28)/t15-,18?/m0/s1. The van der Waals surface area contributed by atoms with Crippen molar-refractivity contribution in [2.45, 2.75) is 24.6 Å². The van der Waals surface area contributed by atoms with Crippen LogP contribution in [0.15, 0.2) is 42.6 Å². The predicted molar refractivity (Wildman–Crippen MR) is 100 cm³/mol. The monoisotopic (exact) mass is 426 g/mol. The minimum atomic E-state index is -4.60. The third-order valence-electron chi connectivity index (χ3n) is 5.08. The molecule has 3 amide bonds. The molecule has 2 heterocycles. The minimum absolute atomic E-state index is 0.162. The first kappa shape index (κ1) is 20.9. The van der Waals surface area contributed by atoms with Gasteiger partial charge in [0.15, 0.2) is 0 Å². The molecule has 2 atom stereocenters. The van der Waals surface area contributed by atoms with Crippen LogP contribution in [0.1, 0.15) is 29.7 Å². The first-order valence-electron chi connectivity index (χ1n) is 8.69. The van der Waals surface area contributed by atoms with Crippen LogP contribution in [0.2, 0.25) is 5.02 Å². The fourth-order valence-electron chi connectivity index (χ4n) is 3.68. The Morgan fingerprint density at radius 1 is 1.24 bits per heavy atom. The molecule has 1 aromatic carbocycles. The molecule has 1 unspecified atom stereocenters. The third-order valence-corrected chi connectivity index (χ3v) is 5.33. The summed E-state index contributed by atoms with van der Waals surface area (Å²) in [5.74, 6) is -1.30. The highest BCUT2D eigenvalue weighted by molar-refractivity contribution is 6.30. The molecule has 10 heteroatoms. The number of urea groups is 1. The van der Waals surface area contributed by atoms with Crippen LogP contribution in [0.3, 0.4) is 0 Å². The van der Waals surface area contributed by atoms with E-state index in [4.69, 9.17) is 17.3 Å². The lowest BCUT2D eigenvalue weighted by molar-refractivity contribution is -0.141. The number of nitrogens with one attached hydrogen (secondary N) is 1. The Morgan fingerprint density at radius 3 is 2.38 bits per heavy atom. The first-order chi connectivity index (χ1) is 13.5. The highest BCUT2D eigenvalue weighted by Crippen LogP contribution is 2.41. The van der Waals surface area contributed by atoms with E-state index in [1.54, 1.807) is 24.3 Å². The number of nitrogens with zero attached hydrogens (tertiary/aromatic N) is 2. The summed E-state index contributed by atoms with van der Waals surface area (Å²) in [6.45, 7) is 1.91. The summed E-state index contributed by atoms with van der Waals surface area (Å²) in [7, 11) is 0. The number of pyridine rings is 1. The van der Waals surface area contributed by atoms with Crippen LogP contribution >= 0.6 is 11.6 Å². The molecule has 0 aliphatic carbocycles. The van der Waals surface area contributed by atoms with Crippen molar-refractivity contribution in [1.82, 2.24) is 15.2 Å². The smallest absolute Gasteiger partial charge is 0.352 e. The van der Waals surface area contributed by atoms with E-state index in [1.165, 1.54) is 17.9 Å². The zero-order valence-corrected chi connectivity index (χ0v) is 16.1. The summed E-state index contributed by atoms with van der Waals surface area (Å²) in [5.41, 5.74) is 3.88. The van der Waals surface area contributed by atoms with Crippen LogP contribution in [-0.4, -0.2) is 40.5 Å². The van der Waals surface area contributed by atoms with E-state index in [0.717, 1.165) is 12.3 Å². The maximum Gasteiger partial charge on any atom is 0.433 e. The fraction of sp³-hybridized carbons (Fsp3) is 0.316. The summed E-state index contributed by atoms with van der Waals surface area (Å²) in [5, 5.41) is 3.16. The van der Waals surface area contributed by atoms with E-state index < -0.39 is 35.3 Å². The normalized spacial score (nSPS) is 20.9. The summed E-state index contributed by atoms with van der Waals surface area (Å²) < 4.78 is 38.8. The second-order valence-corrected chi connectivity index (χ2v) is 7.29. The molecule has 1 aliphatic heterocycles. The van der Waals surface area contributed by atoms with E-state index >= 15 is 0 Å². The largest absolute Gasteiger partial charge is 0.433 e. The van der Waals surface area contributed by atoms with Gasteiger partial charge in [0.25, 0.3) is 0 Å². The Kier molecular flexibility index (Phi) is 5.44. The van der Waals surface area contributed by atoms with Crippen LogP contribution in [0.5, 0.6) is 0 Å². The highest BCUT2D eigenvalue weighted by atomic mass is 35.5. The number of alkyl halides is 3. The Balaban J connectivity index is 2.19. The quantitative estimate of drug-likeness (QED) is 0.790. The number of primary amides is 1. The van der Waals surface area contributed by atoms with Crippen LogP contribution in [0.4, 0.5) is 18.0 Å². The van der Waals surface area contributed by atoms with Crippen molar-refractivity contribution in [3.63, 3.8) is 0 Å². The molecule has 1 saturated heterocycles. The molecular weight excluding hydrogens is 409 g/mol. The number of nitrogens with two attached hydrogens (primary N) is 1. The van der Waals surface area contributed by atoms with Crippen molar-refractivity contribution in [3.05, 3.63) is 64.4 Å². The van der Waals surface area contributed by atoms with Gasteiger partial charge in [0, 0.05) is 30.2 Å². The van der Waals surface area contributed by atoms with Gasteiger partial charge in [-0.05, 0) is 36.2 Å². The minimum Gasteiger partial charge on any atom is -0.352 e. The molecule has 0 saturated carbocycles. The topological polar surface area (TPSA) is 88.3 Å². The number of piperazine rings is 1. The van der Waals surface area contributed by atoms with Gasteiger partial charge in [0.05, 0.1) is 0 Å². The predicted octanol–water partition coefficient (Wildman–Crippen LogP) is 3.15. The number of carbonyl (C=O) groups is 2. The maximum atomic E-state index is 12.9. The molecule has 0 radical (unpaired) electrons. The second kappa shape index (κ2) is 7.55. The molecule has 0 spiro atoms. The van der Waals surface area contributed by atoms with E-state index in [2.05, 4.69) is 10.3 Å². The summed E-state index contributed by atoms with van der Waals surface area (Å²) >= 11 is 5.96. The Bertz CT molecular complexity index is 919. The first-order valence-corrected chi connectivity index (χ1v) is 9.07. The van der Waals surface area contributed by atoms with E-state index in [-0.39, 0.29) is 13.1 Å². The van der Waals surface area contributed by atoms with Gasteiger partial charge < -0.3 is 16.0 Å². The fourth-order valence-corrected chi connectivity index (χ4v) is 3.81. The summed E-state index contributed by atoms with van der Waals surface area (Å²) in [6.07, 6.45) is -3.53. The molecule has 0 bridgehead atoms. The molecule has 1 aliphatic rings. The molecule has 6 nitrogen and oxygen atoms in total. The van der Waals surface area contributed by atoms with Crippen molar-refractivity contribution >= 4 is 23.5 Å². The lowest BCUT2D eigenvalue weighted by Gasteiger charge is -2.47. The van der Waals surface area contributed by atoms with Gasteiger partial charge in [-0.25, -0.2) is 4.79 Å². The molecule has 1 aromatic heterocycles. The van der Waals surface area contributed by atoms with Gasteiger partial charge >= 0.3 is 12.2 Å². The number of benzene rings is 1. The summed E-state index contributed by atoms with van der Waals surface area (Å²) in [4.78, 5) is 29.8. The SMILES string of the molecule is CC1([C@@H](c2ccc(Cl)cc2)c2ccc(C(F)(F)F)nc2)C(=O)NCCN1C(N)=O. The number of carbonyl (C=O) groups excluding carboxylic acids is 2. The zero-order chi connectivity index (χ0) is 21.4. The molecule has 29 heavy (non-hydrogen) atoms. The van der Waals surface area contributed by atoms with Crippen molar-refractivity contribution in [3.8, 4) is 0 Å². The van der Waals surface area contributed by atoms with Crippen molar-refractivity contribution in [1.29, 1.82) is 0 Å². The zero-order valence-electron chi connectivity index (χ0n) is 15.3. The van der Waals surface area contributed by atoms with Crippen LogP contribution in [-0.2, 0) is 11.0 Å². The average molecular weight is 427 g/mol. The highest BCUT2D eigenvalue weighted by Gasteiger charge is 2.51. The van der Waals surface area contributed by atoms with Crippen LogP contribution in [0.25, 0.3) is 0 Å². The molecule has 3 N–H and O–H groups in total. The second-order valence-electron chi connectivity index (χ2n) is 6.85. The average Bonchev–Trinajstić information content (AvgIpc) is 2.65. The van der Waals surface area contributed by atoms with Crippen molar-refractivity contribution in [2.75, 3.05) is 13.1 Å². The van der Waals surface area contributed by atoms with E-state index in [9.17, 15) is 22.8 Å². The van der Waals surface area contributed by atoms with Gasteiger partial charge in [-0.1, -0.05) is 29.8 Å². The van der Waals surface area contributed by atoms with Crippen molar-refractivity contribution in [2.24, 2.45) is 5.73 Å². The van der Waals surface area contributed by atoms with Gasteiger partial charge in [0.2, 0.25) is 5.91 Å². The third kappa shape index (κ3) is 3.87. The number of hydrogen-bond donors (Lipinski definition) is 2. The molecule has 2 aromatic rings. The molecule has 1 fully saturated rings. The molecular formula is C19H18ClF3N4O2. The molecule has 154 valence electrons. The van der Waals surface area contributed by atoms with Crippen LogP contribution in [0, 0.1) is 0 Å². The molecule has 3 rings (SSSR count). The Hall–Kier alpha value is -2.81. The van der Waals surface area contributed by atoms with Gasteiger partial charge in [-0.15, -0.1) is 0 Å². The number of halogens is 4. The van der Waals surface area contributed by atoms with Crippen molar-refractivity contribution < 1.29 is 22.8 Å². The Morgan fingerprint density at radius 2 is 1.86 bits per heavy atom. The number of rotatable bonds is 3. The van der Waals surface area contributed by atoms with Crippen LogP contribution < -0.4 is 11.1 Å². The summed E-state index contributed by atoms with van der Waals surface area (Å²) in [6, 6.07) is 7.79. The van der Waals surface area contributed by atoms with Gasteiger partial charge in [0.1, 0.15) is 11.2 Å². The van der Waals surface area contributed by atoms with E-state index in [0.29, 0.717) is 16.1 Å². The Labute approximate surface area is 169 Å². The lowest BCUT2D eigenvalue weighted by Crippen LogP contribution is -2.68. The van der Waals surface area contributed by atoms with Gasteiger partial charge in [-0.3, -0.25) is 9.78 Å². The maximum absolute atomic E-state index is 12.9. The number of amides is 3. The van der Waals surface area contributed by atoms with E-state index in [1.807, 2.05) is 0 Å².